The summed E-state index contributed by atoms with van der Waals surface area (Å²) >= 11 is 5.85. The van der Waals surface area contributed by atoms with Crippen molar-refractivity contribution in [1.82, 2.24) is 9.88 Å². The minimum atomic E-state index is -0.575. The van der Waals surface area contributed by atoms with Crippen LogP contribution in [-0.2, 0) is 4.74 Å². The fraction of sp³-hybridized carbons (Fsp3) is 0.500. The lowest BCUT2D eigenvalue weighted by atomic mass is 10.0. The molecule has 1 fully saturated rings. The molecule has 4 nitrogen and oxygen atoms in total. The lowest BCUT2D eigenvalue weighted by molar-refractivity contribution is -0.0370. The SMILES string of the molecule is CC1(C)COCCN1C(=O)c1cc(F)cnc1Cl. The Balaban J connectivity index is 2.33. The van der Waals surface area contributed by atoms with Crippen molar-refractivity contribution in [3.63, 3.8) is 0 Å². The number of hydrogen-bond acceptors (Lipinski definition) is 3. The van der Waals surface area contributed by atoms with Crippen molar-refractivity contribution in [2.24, 2.45) is 0 Å². The third-order valence-electron chi connectivity index (χ3n) is 2.93. The lowest BCUT2D eigenvalue weighted by Crippen LogP contribution is -2.55. The molecule has 0 aliphatic carbocycles. The molecule has 0 unspecified atom stereocenters. The molecule has 0 atom stereocenters. The number of pyridine rings is 1. The van der Waals surface area contributed by atoms with Gasteiger partial charge in [0, 0.05) is 6.54 Å². The first kappa shape index (κ1) is 13.2. The Bertz CT molecular complexity index is 479. The standard InChI is InChI=1S/C12H14ClFN2O2/c1-12(2)7-18-4-3-16(12)11(17)9-5-8(14)6-15-10(9)13/h5-6H,3-4,7H2,1-2H3. The summed E-state index contributed by atoms with van der Waals surface area (Å²) < 4.78 is 18.5. The molecule has 2 rings (SSSR count). The second kappa shape index (κ2) is 4.82. The molecule has 1 aromatic rings. The van der Waals surface area contributed by atoms with Gasteiger partial charge in [0.2, 0.25) is 0 Å². The molecule has 6 heteroatoms. The van der Waals surface area contributed by atoms with E-state index in [4.69, 9.17) is 16.3 Å². The van der Waals surface area contributed by atoms with Gasteiger partial charge >= 0.3 is 0 Å². The maximum absolute atomic E-state index is 13.2. The van der Waals surface area contributed by atoms with Crippen LogP contribution in [0, 0.1) is 5.82 Å². The highest BCUT2D eigenvalue weighted by atomic mass is 35.5. The van der Waals surface area contributed by atoms with E-state index >= 15 is 0 Å². The average Bonchev–Trinajstić information content (AvgIpc) is 2.31. The van der Waals surface area contributed by atoms with Crippen LogP contribution in [0.4, 0.5) is 4.39 Å². The molecule has 1 saturated heterocycles. The highest BCUT2D eigenvalue weighted by Gasteiger charge is 2.35. The van der Waals surface area contributed by atoms with E-state index in [1.165, 1.54) is 0 Å². The van der Waals surface area contributed by atoms with Crippen LogP contribution in [0.25, 0.3) is 0 Å². The molecule has 0 spiro atoms. The van der Waals surface area contributed by atoms with Crippen LogP contribution in [0.2, 0.25) is 5.15 Å². The Morgan fingerprint density at radius 1 is 1.61 bits per heavy atom. The zero-order chi connectivity index (χ0) is 13.3. The second-order valence-corrected chi connectivity index (χ2v) is 5.17. The number of amides is 1. The summed E-state index contributed by atoms with van der Waals surface area (Å²) in [6.07, 6.45) is 0.990. The molecule has 1 aliphatic heterocycles. The molecule has 0 radical (unpaired) electrons. The van der Waals surface area contributed by atoms with E-state index in [2.05, 4.69) is 4.98 Å². The van der Waals surface area contributed by atoms with Crippen molar-refractivity contribution >= 4 is 17.5 Å². The first-order valence-electron chi connectivity index (χ1n) is 5.62. The van der Waals surface area contributed by atoms with Gasteiger partial charge in [0.05, 0.1) is 30.5 Å². The number of rotatable bonds is 1. The number of ether oxygens (including phenoxy) is 1. The van der Waals surface area contributed by atoms with Crippen LogP contribution in [0.3, 0.4) is 0 Å². The molecule has 98 valence electrons. The zero-order valence-corrected chi connectivity index (χ0v) is 11.0. The summed E-state index contributed by atoms with van der Waals surface area (Å²) in [5, 5.41) is 0.0173. The fourth-order valence-corrected chi connectivity index (χ4v) is 2.14. The fourth-order valence-electron chi connectivity index (χ4n) is 1.95. The van der Waals surface area contributed by atoms with Crippen molar-refractivity contribution in [3.8, 4) is 0 Å². The van der Waals surface area contributed by atoms with Crippen molar-refractivity contribution in [2.45, 2.75) is 19.4 Å². The van der Waals surface area contributed by atoms with Gasteiger partial charge in [0.25, 0.3) is 5.91 Å². The third kappa shape index (κ3) is 2.47. The molecule has 0 N–H and O–H groups in total. The van der Waals surface area contributed by atoms with Crippen LogP contribution < -0.4 is 0 Å². The first-order valence-corrected chi connectivity index (χ1v) is 6.00. The van der Waals surface area contributed by atoms with Crippen molar-refractivity contribution in [2.75, 3.05) is 19.8 Å². The minimum absolute atomic E-state index is 0.0173. The Kier molecular flexibility index (Phi) is 3.54. The summed E-state index contributed by atoms with van der Waals surface area (Å²) in [6, 6.07) is 1.11. The molecule has 18 heavy (non-hydrogen) atoms. The monoisotopic (exact) mass is 272 g/mol. The van der Waals surface area contributed by atoms with Crippen LogP contribution >= 0.6 is 11.6 Å². The Hall–Kier alpha value is -1.20. The van der Waals surface area contributed by atoms with E-state index in [9.17, 15) is 9.18 Å². The predicted octanol–water partition coefficient (Wildman–Crippen LogP) is 2.13. The van der Waals surface area contributed by atoms with E-state index in [0.29, 0.717) is 19.8 Å². The summed E-state index contributed by atoms with van der Waals surface area (Å²) in [4.78, 5) is 17.7. The van der Waals surface area contributed by atoms with Gasteiger partial charge in [-0.25, -0.2) is 9.37 Å². The second-order valence-electron chi connectivity index (χ2n) is 4.81. The number of carbonyl (C=O) groups excluding carboxylic acids is 1. The van der Waals surface area contributed by atoms with Crippen molar-refractivity contribution in [3.05, 3.63) is 28.8 Å². The van der Waals surface area contributed by atoms with E-state index in [1.54, 1.807) is 4.90 Å². The normalized spacial score (nSPS) is 18.8. The smallest absolute Gasteiger partial charge is 0.257 e. The van der Waals surface area contributed by atoms with E-state index in [1.807, 2.05) is 13.8 Å². The van der Waals surface area contributed by atoms with Crippen LogP contribution in [-0.4, -0.2) is 41.1 Å². The van der Waals surface area contributed by atoms with Crippen LogP contribution in [0.5, 0.6) is 0 Å². The minimum Gasteiger partial charge on any atom is -0.377 e. The molecular weight excluding hydrogens is 259 g/mol. The number of halogens is 2. The number of nitrogens with zero attached hydrogens (tertiary/aromatic N) is 2. The number of hydrogen-bond donors (Lipinski definition) is 0. The maximum Gasteiger partial charge on any atom is 0.257 e. The van der Waals surface area contributed by atoms with E-state index in [-0.39, 0.29) is 16.6 Å². The predicted molar refractivity (Wildman–Crippen MR) is 65.1 cm³/mol. The zero-order valence-electron chi connectivity index (χ0n) is 10.2. The van der Waals surface area contributed by atoms with Crippen molar-refractivity contribution in [1.29, 1.82) is 0 Å². The number of morpholine rings is 1. The third-order valence-corrected chi connectivity index (χ3v) is 3.23. The highest BCUT2D eigenvalue weighted by molar-refractivity contribution is 6.32. The maximum atomic E-state index is 13.2. The van der Waals surface area contributed by atoms with Gasteiger partial charge in [-0.2, -0.15) is 0 Å². The van der Waals surface area contributed by atoms with Gasteiger partial charge in [-0.1, -0.05) is 11.6 Å². The highest BCUT2D eigenvalue weighted by Crippen LogP contribution is 2.24. The molecular formula is C12H14ClFN2O2. The van der Waals surface area contributed by atoms with Gasteiger partial charge in [-0.05, 0) is 19.9 Å². The molecule has 0 bridgehead atoms. The topological polar surface area (TPSA) is 42.4 Å². The largest absolute Gasteiger partial charge is 0.377 e. The van der Waals surface area contributed by atoms with Crippen LogP contribution in [0.15, 0.2) is 12.3 Å². The van der Waals surface area contributed by atoms with Gasteiger partial charge in [-0.3, -0.25) is 4.79 Å². The Morgan fingerprint density at radius 2 is 2.33 bits per heavy atom. The summed E-state index contributed by atoms with van der Waals surface area (Å²) in [5.74, 6) is -0.894. The van der Waals surface area contributed by atoms with Gasteiger partial charge in [-0.15, -0.1) is 0 Å². The summed E-state index contributed by atoms with van der Waals surface area (Å²) in [5.41, 5.74) is -0.350. The molecule has 0 aromatic carbocycles. The average molecular weight is 273 g/mol. The van der Waals surface area contributed by atoms with Crippen LogP contribution in [0.1, 0.15) is 24.2 Å². The summed E-state index contributed by atoms with van der Waals surface area (Å²) in [6.45, 7) is 5.16. The Labute approximate surface area is 110 Å². The molecule has 0 saturated carbocycles. The van der Waals surface area contributed by atoms with Gasteiger partial charge in [0.1, 0.15) is 11.0 Å². The molecule has 1 aromatic heterocycles. The summed E-state index contributed by atoms with van der Waals surface area (Å²) in [7, 11) is 0. The number of carbonyl (C=O) groups is 1. The molecule has 1 amide bonds. The lowest BCUT2D eigenvalue weighted by Gasteiger charge is -2.42. The Morgan fingerprint density at radius 3 is 3.00 bits per heavy atom. The van der Waals surface area contributed by atoms with Gasteiger partial charge < -0.3 is 9.64 Å². The van der Waals surface area contributed by atoms with Gasteiger partial charge in [0.15, 0.2) is 0 Å². The van der Waals surface area contributed by atoms with Crippen molar-refractivity contribution < 1.29 is 13.9 Å². The first-order chi connectivity index (χ1) is 8.42. The molecule has 2 heterocycles. The van der Waals surface area contributed by atoms with E-state index < -0.39 is 11.4 Å². The molecule has 1 aliphatic rings. The quantitative estimate of drug-likeness (QED) is 0.736. The number of aromatic nitrogens is 1. The van der Waals surface area contributed by atoms with E-state index in [0.717, 1.165) is 12.3 Å².